The van der Waals surface area contributed by atoms with Gasteiger partial charge in [0.05, 0.1) is 4.90 Å². The van der Waals surface area contributed by atoms with Crippen LogP contribution in [0.2, 0.25) is 0 Å². The summed E-state index contributed by atoms with van der Waals surface area (Å²) in [6, 6.07) is 17.8. The number of carbonyl (C=O) groups is 1. The Kier molecular flexibility index (Phi) is 6.49. The van der Waals surface area contributed by atoms with Gasteiger partial charge in [0.1, 0.15) is 5.01 Å². The quantitative estimate of drug-likeness (QED) is 0.371. The molecule has 9 heteroatoms. The molecule has 1 aromatic heterocycles. The van der Waals surface area contributed by atoms with Gasteiger partial charge in [-0.25, -0.2) is 8.42 Å². The van der Waals surface area contributed by atoms with Gasteiger partial charge in [-0.1, -0.05) is 53.3 Å². The lowest BCUT2D eigenvalue weighted by molar-refractivity contribution is 0.102. The van der Waals surface area contributed by atoms with Crippen LogP contribution in [0.4, 0.5) is 10.8 Å². The summed E-state index contributed by atoms with van der Waals surface area (Å²) in [5.41, 5.74) is 5.30. The van der Waals surface area contributed by atoms with Crippen LogP contribution in [0.15, 0.2) is 65.6 Å². The largest absolute Gasteiger partial charge is 0.296 e. The summed E-state index contributed by atoms with van der Waals surface area (Å²) in [7, 11) is -3.89. The van der Waals surface area contributed by atoms with Crippen molar-refractivity contribution in [3.63, 3.8) is 0 Å². The van der Waals surface area contributed by atoms with Crippen molar-refractivity contribution in [2.45, 2.75) is 32.6 Å². The lowest BCUT2D eigenvalue weighted by Gasteiger charge is -2.13. The van der Waals surface area contributed by atoms with Crippen molar-refractivity contribution in [1.82, 2.24) is 10.2 Å². The van der Waals surface area contributed by atoms with Gasteiger partial charge in [-0.05, 0) is 68.7 Å². The number of nitrogens with one attached hydrogen (secondary N) is 2. The molecule has 7 nitrogen and oxygen atoms in total. The van der Waals surface area contributed by atoms with Gasteiger partial charge in [-0.15, -0.1) is 10.2 Å². The Hall–Kier alpha value is -3.56. The van der Waals surface area contributed by atoms with E-state index >= 15 is 0 Å². The summed E-state index contributed by atoms with van der Waals surface area (Å²) in [4.78, 5) is 12.9. The van der Waals surface area contributed by atoms with Crippen molar-refractivity contribution in [2.75, 3.05) is 10.0 Å². The number of rotatable bonds is 6. The average Bonchev–Trinajstić information content (AvgIpc) is 3.25. The lowest BCUT2D eigenvalue weighted by Crippen LogP contribution is -2.17. The molecule has 1 heterocycles. The number of amides is 1. The fourth-order valence-electron chi connectivity index (χ4n) is 3.30. The topological polar surface area (TPSA) is 101 Å². The van der Waals surface area contributed by atoms with E-state index in [2.05, 4.69) is 20.2 Å². The molecule has 2 N–H and O–H groups in total. The minimum absolute atomic E-state index is 0.0380. The number of carbonyl (C=O) groups excluding carboxylic acids is 1. The predicted molar refractivity (Wildman–Crippen MR) is 136 cm³/mol. The Morgan fingerprint density at radius 1 is 0.824 bits per heavy atom. The highest BCUT2D eigenvalue weighted by atomic mass is 32.2. The summed E-state index contributed by atoms with van der Waals surface area (Å²) in [5, 5.41) is 11.9. The second-order valence-corrected chi connectivity index (χ2v) is 10.7. The van der Waals surface area contributed by atoms with Crippen molar-refractivity contribution in [1.29, 1.82) is 0 Å². The highest BCUT2D eigenvalue weighted by Crippen LogP contribution is 2.27. The van der Waals surface area contributed by atoms with Crippen molar-refractivity contribution in [3.8, 4) is 10.6 Å². The maximum atomic E-state index is 13.1. The van der Waals surface area contributed by atoms with Crippen molar-refractivity contribution >= 4 is 38.1 Å². The van der Waals surface area contributed by atoms with E-state index in [9.17, 15) is 13.2 Å². The summed E-state index contributed by atoms with van der Waals surface area (Å²) >= 11 is 1.25. The highest BCUT2D eigenvalue weighted by molar-refractivity contribution is 7.92. The Morgan fingerprint density at radius 2 is 1.53 bits per heavy atom. The van der Waals surface area contributed by atoms with E-state index in [4.69, 9.17) is 0 Å². The minimum Gasteiger partial charge on any atom is -0.296 e. The van der Waals surface area contributed by atoms with Crippen LogP contribution in [0.1, 0.15) is 32.6 Å². The van der Waals surface area contributed by atoms with E-state index in [0.29, 0.717) is 21.4 Å². The van der Waals surface area contributed by atoms with Gasteiger partial charge >= 0.3 is 0 Å². The van der Waals surface area contributed by atoms with E-state index in [0.717, 1.165) is 22.3 Å². The zero-order chi connectivity index (χ0) is 24.5. The average molecular weight is 493 g/mol. The van der Waals surface area contributed by atoms with Crippen LogP contribution in [0.25, 0.3) is 10.6 Å². The first kappa shape index (κ1) is 23.6. The van der Waals surface area contributed by atoms with Crippen molar-refractivity contribution in [3.05, 3.63) is 88.5 Å². The number of hydrogen-bond acceptors (Lipinski definition) is 6. The smallest absolute Gasteiger partial charge is 0.262 e. The normalized spacial score (nSPS) is 11.3. The SMILES string of the molecule is Cc1ccc(-c2nnc(NC(=O)c3ccc(C)c(S(=O)(=O)Nc4ccc(C)c(C)c4)c3)s2)cc1. The highest BCUT2D eigenvalue weighted by Gasteiger charge is 2.20. The molecule has 0 fully saturated rings. The minimum atomic E-state index is -3.89. The van der Waals surface area contributed by atoms with E-state index < -0.39 is 15.9 Å². The van der Waals surface area contributed by atoms with Crippen LogP contribution >= 0.6 is 11.3 Å². The van der Waals surface area contributed by atoms with Gasteiger partial charge in [-0.2, -0.15) is 0 Å². The van der Waals surface area contributed by atoms with Crippen LogP contribution < -0.4 is 10.0 Å². The first-order chi connectivity index (χ1) is 16.1. The molecular formula is C25H24N4O3S2. The molecule has 0 atom stereocenters. The molecule has 0 aliphatic carbocycles. The second-order valence-electron chi connectivity index (χ2n) is 8.12. The Balaban J connectivity index is 1.55. The number of anilines is 2. The molecule has 0 saturated heterocycles. The van der Waals surface area contributed by atoms with Crippen molar-refractivity contribution < 1.29 is 13.2 Å². The molecule has 0 aliphatic heterocycles. The summed E-state index contributed by atoms with van der Waals surface area (Å²) < 4.78 is 28.8. The Morgan fingerprint density at radius 3 is 2.24 bits per heavy atom. The van der Waals surface area contributed by atoms with Crippen LogP contribution in [0.3, 0.4) is 0 Å². The van der Waals surface area contributed by atoms with Gasteiger partial charge in [0, 0.05) is 16.8 Å². The molecule has 1 amide bonds. The summed E-state index contributed by atoms with van der Waals surface area (Å²) in [5.74, 6) is -0.464. The zero-order valence-corrected chi connectivity index (χ0v) is 20.8. The van der Waals surface area contributed by atoms with Crippen LogP contribution in [-0.2, 0) is 10.0 Å². The first-order valence-electron chi connectivity index (χ1n) is 10.5. The molecule has 0 spiro atoms. The van der Waals surface area contributed by atoms with Gasteiger partial charge in [0.2, 0.25) is 5.13 Å². The molecular weight excluding hydrogens is 468 g/mol. The first-order valence-corrected chi connectivity index (χ1v) is 12.8. The lowest BCUT2D eigenvalue weighted by atomic mass is 10.1. The second kappa shape index (κ2) is 9.36. The molecule has 34 heavy (non-hydrogen) atoms. The number of sulfonamides is 1. The molecule has 0 unspecified atom stereocenters. The molecule has 4 rings (SSSR count). The molecule has 3 aromatic carbocycles. The van der Waals surface area contributed by atoms with Gasteiger partial charge in [0.15, 0.2) is 0 Å². The van der Waals surface area contributed by atoms with E-state index in [1.165, 1.54) is 17.4 Å². The van der Waals surface area contributed by atoms with Crippen LogP contribution in [0.5, 0.6) is 0 Å². The van der Waals surface area contributed by atoms with Crippen LogP contribution in [0, 0.1) is 27.7 Å². The third-order valence-corrected chi connectivity index (χ3v) is 7.85. The van der Waals surface area contributed by atoms with Crippen molar-refractivity contribution in [2.24, 2.45) is 0 Å². The Labute approximate surface area is 202 Å². The third kappa shape index (κ3) is 5.16. The van der Waals surface area contributed by atoms with E-state index in [1.807, 2.05) is 51.1 Å². The van der Waals surface area contributed by atoms with Crippen LogP contribution in [-0.4, -0.2) is 24.5 Å². The predicted octanol–water partition coefficient (Wildman–Crippen LogP) is 5.49. The van der Waals surface area contributed by atoms with Gasteiger partial charge in [0.25, 0.3) is 15.9 Å². The fourth-order valence-corrected chi connectivity index (χ4v) is 5.37. The zero-order valence-electron chi connectivity index (χ0n) is 19.2. The maximum Gasteiger partial charge on any atom is 0.262 e. The maximum absolute atomic E-state index is 13.1. The molecule has 0 saturated carbocycles. The molecule has 4 aromatic rings. The van der Waals surface area contributed by atoms with Gasteiger partial charge < -0.3 is 0 Å². The third-order valence-electron chi connectivity index (χ3n) is 5.44. The molecule has 0 aliphatic rings. The number of hydrogen-bond donors (Lipinski definition) is 2. The Bertz CT molecular complexity index is 1480. The number of nitrogens with zero attached hydrogens (tertiary/aromatic N) is 2. The fraction of sp³-hybridized carbons (Fsp3) is 0.160. The molecule has 0 bridgehead atoms. The summed E-state index contributed by atoms with van der Waals surface area (Å²) in [6.45, 7) is 7.57. The van der Waals surface area contributed by atoms with E-state index in [1.54, 1.807) is 31.2 Å². The summed E-state index contributed by atoms with van der Waals surface area (Å²) in [6.07, 6.45) is 0. The van der Waals surface area contributed by atoms with Gasteiger partial charge in [-0.3, -0.25) is 14.8 Å². The molecule has 174 valence electrons. The number of aryl methyl sites for hydroxylation is 4. The molecule has 0 radical (unpaired) electrons. The number of aromatic nitrogens is 2. The van der Waals surface area contributed by atoms with E-state index in [-0.39, 0.29) is 10.5 Å². The standard InChI is InChI=1S/C25H24N4O3S2/c1-15-5-9-19(10-6-15)24-27-28-25(33-24)26-23(30)20-11-7-17(3)22(14-20)34(31,32)29-21-12-8-16(2)18(4)13-21/h5-14,29H,1-4H3,(H,26,28,30). The number of benzene rings is 3. The monoisotopic (exact) mass is 492 g/mol.